The molecule has 0 saturated carbocycles. The van der Waals surface area contributed by atoms with Crippen LogP contribution in [0.2, 0.25) is 10.0 Å². The Hall–Kier alpha value is -2.63. The van der Waals surface area contributed by atoms with E-state index < -0.39 is 0 Å². The highest BCUT2D eigenvalue weighted by atomic mass is 35.5. The predicted molar refractivity (Wildman–Crippen MR) is 104 cm³/mol. The number of aromatic nitrogens is 2. The van der Waals surface area contributed by atoms with Crippen LogP contribution in [0.15, 0.2) is 48.7 Å². The van der Waals surface area contributed by atoms with Crippen LogP contribution < -0.4 is 4.74 Å². The quantitative estimate of drug-likeness (QED) is 0.558. The first kappa shape index (κ1) is 19.1. The third-order valence-electron chi connectivity index (χ3n) is 4.04. The largest absolute Gasteiger partial charge is 0.472 e. The Bertz CT molecular complexity index is 1010. The van der Waals surface area contributed by atoms with E-state index in [-0.39, 0.29) is 23.2 Å². The van der Waals surface area contributed by atoms with Crippen LogP contribution in [0, 0.1) is 0 Å². The lowest BCUT2D eigenvalue weighted by molar-refractivity contribution is 0.101. The van der Waals surface area contributed by atoms with E-state index in [1.807, 2.05) is 12.1 Å². The smallest absolute Gasteiger partial charge is 0.223 e. The summed E-state index contributed by atoms with van der Waals surface area (Å²) < 4.78 is 7.31. The summed E-state index contributed by atoms with van der Waals surface area (Å²) >= 11 is 12.0. The molecule has 0 aliphatic carbocycles. The molecular formula is C20H16Cl2N2O3. The number of hydrogen-bond donors (Lipinski definition) is 0. The Balaban J connectivity index is 1.82. The summed E-state index contributed by atoms with van der Waals surface area (Å²) in [4.78, 5) is 24.2. The monoisotopic (exact) mass is 402 g/mol. The lowest BCUT2D eigenvalue weighted by atomic mass is 10.1. The molecule has 0 saturated heterocycles. The average Bonchev–Trinajstić information content (AvgIpc) is 3.00. The molecule has 0 atom stereocenters. The van der Waals surface area contributed by atoms with E-state index >= 15 is 0 Å². The number of nitrogens with zero attached hydrogens (tertiary/aromatic N) is 2. The highest BCUT2D eigenvalue weighted by molar-refractivity contribution is 6.37. The van der Waals surface area contributed by atoms with Crippen LogP contribution in [0.25, 0.3) is 0 Å². The van der Waals surface area contributed by atoms with Crippen molar-refractivity contribution >= 4 is 34.8 Å². The normalized spacial score (nSPS) is 10.7. The van der Waals surface area contributed by atoms with Gasteiger partial charge in [-0.05, 0) is 30.7 Å². The summed E-state index contributed by atoms with van der Waals surface area (Å²) in [5, 5.41) is 4.83. The molecule has 0 aliphatic heterocycles. The SMILES string of the molecule is CC(=O)c1ccc(COc2c(C(=O)c3ccc(Cl)cc3Cl)cnn2C)cc1. The van der Waals surface area contributed by atoms with Crippen LogP contribution in [0.3, 0.4) is 0 Å². The van der Waals surface area contributed by atoms with Crippen LogP contribution in [-0.4, -0.2) is 21.3 Å². The fraction of sp³-hybridized carbons (Fsp3) is 0.150. The van der Waals surface area contributed by atoms with Gasteiger partial charge in [0.25, 0.3) is 0 Å². The molecule has 3 aromatic rings. The van der Waals surface area contributed by atoms with Gasteiger partial charge in [0.05, 0.1) is 11.2 Å². The second kappa shape index (κ2) is 7.94. The third-order valence-corrected chi connectivity index (χ3v) is 4.59. The van der Waals surface area contributed by atoms with E-state index in [4.69, 9.17) is 27.9 Å². The first-order chi connectivity index (χ1) is 12.9. The van der Waals surface area contributed by atoms with E-state index in [1.54, 1.807) is 31.3 Å². The molecule has 0 fully saturated rings. The lowest BCUT2D eigenvalue weighted by Gasteiger charge is -2.10. The molecule has 2 aromatic carbocycles. The minimum atomic E-state index is -0.299. The molecule has 0 bridgehead atoms. The van der Waals surface area contributed by atoms with E-state index in [1.165, 1.54) is 23.9 Å². The van der Waals surface area contributed by atoms with Gasteiger partial charge in [-0.25, -0.2) is 4.68 Å². The van der Waals surface area contributed by atoms with Crippen LogP contribution >= 0.6 is 23.2 Å². The van der Waals surface area contributed by atoms with E-state index in [9.17, 15) is 9.59 Å². The van der Waals surface area contributed by atoms with Gasteiger partial charge in [-0.1, -0.05) is 47.5 Å². The number of carbonyl (C=O) groups is 2. The number of benzene rings is 2. The molecule has 138 valence electrons. The van der Waals surface area contributed by atoms with Gasteiger partial charge in [0.15, 0.2) is 5.78 Å². The zero-order valence-electron chi connectivity index (χ0n) is 14.7. The van der Waals surface area contributed by atoms with Gasteiger partial charge >= 0.3 is 0 Å². The van der Waals surface area contributed by atoms with Gasteiger partial charge in [-0.3, -0.25) is 9.59 Å². The first-order valence-corrected chi connectivity index (χ1v) is 8.87. The molecule has 1 aromatic heterocycles. The highest BCUT2D eigenvalue weighted by Crippen LogP contribution is 2.27. The summed E-state index contributed by atoms with van der Waals surface area (Å²) in [5.41, 5.74) is 2.13. The van der Waals surface area contributed by atoms with Crippen LogP contribution in [0.5, 0.6) is 5.88 Å². The number of carbonyl (C=O) groups excluding carboxylic acids is 2. The number of halogens is 2. The maximum atomic E-state index is 12.8. The molecule has 0 unspecified atom stereocenters. The van der Waals surface area contributed by atoms with Crippen molar-refractivity contribution in [1.82, 2.24) is 9.78 Å². The molecule has 7 heteroatoms. The fourth-order valence-electron chi connectivity index (χ4n) is 2.56. The lowest BCUT2D eigenvalue weighted by Crippen LogP contribution is -2.07. The van der Waals surface area contributed by atoms with Gasteiger partial charge in [0.1, 0.15) is 12.2 Å². The van der Waals surface area contributed by atoms with E-state index in [0.29, 0.717) is 27.6 Å². The van der Waals surface area contributed by atoms with Crippen LogP contribution in [0.4, 0.5) is 0 Å². The van der Waals surface area contributed by atoms with Crippen molar-refractivity contribution < 1.29 is 14.3 Å². The fourth-order valence-corrected chi connectivity index (χ4v) is 3.05. The number of aryl methyl sites for hydroxylation is 1. The number of Topliss-reactive ketones (excluding diaryl/α,β-unsaturated/α-hetero) is 1. The second-order valence-electron chi connectivity index (χ2n) is 5.98. The van der Waals surface area contributed by atoms with E-state index in [0.717, 1.165) is 5.56 Å². The number of ketones is 2. The predicted octanol–water partition coefficient (Wildman–Crippen LogP) is 4.74. The Morgan fingerprint density at radius 2 is 1.78 bits per heavy atom. The van der Waals surface area contributed by atoms with Gasteiger partial charge < -0.3 is 4.74 Å². The molecule has 0 spiro atoms. The minimum absolute atomic E-state index is 0.00169. The summed E-state index contributed by atoms with van der Waals surface area (Å²) in [5.74, 6) is 0.0372. The molecule has 0 radical (unpaired) electrons. The zero-order valence-corrected chi connectivity index (χ0v) is 16.2. The molecule has 5 nitrogen and oxygen atoms in total. The Labute approximate surface area is 166 Å². The van der Waals surface area contributed by atoms with Gasteiger partial charge in [-0.2, -0.15) is 5.10 Å². The molecular weight excluding hydrogens is 387 g/mol. The van der Waals surface area contributed by atoms with E-state index in [2.05, 4.69) is 5.10 Å². The van der Waals surface area contributed by atoms with Gasteiger partial charge in [0.2, 0.25) is 11.7 Å². The second-order valence-corrected chi connectivity index (χ2v) is 6.83. The summed E-state index contributed by atoms with van der Waals surface area (Å²) in [6, 6.07) is 11.8. The maximum absolute atomic E-state index is 12.8. The zero-order chi connectivity index (χ0) is 19.6. The maximum Gasteiger partial charge on any atom is 0.223 e. The van der Waals surface area contributed by atoms with Crippen molar-refractivity contribution in [3.05, 3.63) is 81.0 Å². The number of rotatable bonds is 6. The highest BCUT2D eigenvalue weighted by Gasteiger charge is 2.21. The standard InChI is InChI=1S/C20H16Cl2N2O3/c1-12(25)14-5-3-13(4-6-14)11-27-20-17(10-23-24(20)2)19(26)16-8-7-15(21)9-18(16)22/h3-10H,11H2,1-2H3. The molecule has 0 aliphatic rings. The number of hydrogen-bond acceptors (Lipinski definition) is 4. The minimum Gasteiger partial charge on any atom is -0.472 e. The average molecular weight is 403 g/mol. The Kier molecular flexibility index (Phi) is 5.63. The summed E-state index contributed by atoms with van der Waals surface area (Å²) in [6.45, 7) is 1.74. The third kappa shape index (κ3) is 4.21. The Morgan fingerprint density at radius 3 is 2.41 bits per heavy atom. The Morgan fingerprint density at radius 1 is 1.07 bits per heavy atom. The molecule has 1 heterocycles. The first-order valence-electron chi connectivity index (χ1n) is 8.11. The van der Waals surface area contributed by atoms with Crippen LogP contribution in [0.1, 0.15) is 38.8 Å². The van der Waals surface area contributed by atoms with Crippen molar-refractivity contribution in [1.29, 1.82) is 0 Å². The topological polar surface area (TPSA) is 61.2 Å². The molecule has 0 N–H and O–H groups in total. The van der Waals surface area contributed by atoms with Crippen molar-refractivity contribution in [3.63, 3.8) is 0 Å². The summed E-state index contributed by atoms with van der Waals surface area (Å²) in [7, 11) is 1.69. The molecule has 0 amide bonds. The van der Waals surface area contributed by atoms with Crippen molar-refractivity contribution in [3.8, 4) is 5.88 Å². The van der Waals surface area contributed by atoms with Gasteiger partial charge in [0, 0.05) is 23.2 Å². The molecule has 27 heavy (non-hydrogen) atoms. The number of ether oxygens (including phenoxy) is 1. The molecule has 3 rings (SSSR count). The summed E-state index contributed by atoms with van der Waals surface area (Å²) in [6.07, 6.45) is 1.45. The van der Waals surface area contributed by atoms with Crippen molar-refractivity contribution in [2.45, 2.75) is 13.5 Å². The van der Waals surface area contributed by atoms with Gasteiger partial charge in [-0.15, -0.1) is 0 Å². The van der Waals surface area contributed by atoms with Crippen molar-refractivity contribution in [2.75, 3.05) is 0 Å². The van der Waals surface area contributed by atoms with Crippen LogP contribution in [-0.2, 0) is 13.7 Å². The van der Waals surface area contributed by atoms with Crippen molar-refractivity contribution in [2.24, 2.45) is 7.05 Å².